The van der Waals surface area contributed by atoms with E-state index in [9.17, 15) is 13.2 Å². The van der Waals surface area contributed by atoms with E-state index in [1.54, 1.807) is 0 Å². The van der Waals surface area contributed by atoms with E-state index in [2.05, 4.69) is 11.3 Å². The van der Waals surface area contributed by atoms with Gasteiger partial charge in [0.2, 0.25) is 5.82 Å². The highest BCUT2D eigenvalue weighted by Crippen LogP contribution is 2.35. The Hall–Kier alpha value is -2.09. The standard InChI is InChI=1S/C21H19ClF3NO2S/c1-2-12-5-7-13(8-6-12)20-15(21(22)26-29-20)11-28-19-16(23)10-14(4-3-9-27)17(24)18(19)25/h5-8,10,27H,2-4,9,11H2,1H3. The van der Waals surface area contributed by atoms with E-state index in [4.69, 9.17) is 21.4 Å². The van der Waals surface area contributed by atoms with E-state index < -0.39 is 23.2 Å². The highest BCUT2D eigenvalue weighted by atomic mass is 35.5. The predicted molar refractivity (Wildman–Crippen MR) is 108 cm³/mol. The molecule has 0 saturated heterocycles. The van der Waals surface area contributed by atoms with Crippen LogP contribution < -0.4 is 4.74 Å². The summed E-state index contributed by atoms with van der Waals surface area (Å²) in [7, 11) is 0. The molecule has 0 aliphatic rings. The summed E-state index contributed by atoms with van der Waals surface area (Å²) in [5, 5.41) is 9.00. The molecule has 0 saturated carbocycles. The summed E-state index contributed by atoms with van der Waals surface area (Å²) >= 11 is 7.30. The van der Waals surface area contributed by atoms with Crippen LogP contribution in [0.25, 0.3) is 10.4 Å². The number of rotatable bonds is 8. The normalized spacial score (nSPS) is 11.1. The van der Waals surface area contributed by atoms with E-state index in [1.807, 2.05) is 24.3 Å². The molecular weight excluding hydrogens is 423 g/mol. The summed E-state index contributed by atoms with van der Waals surface area (Å²) in [6.07, 6.45) is 1.12. The summed E-state index contributed by atoms with van der Waals surface area (Å²) < 4.78 is 52.2. The third-order valence-electron chi connectivity index (χ3n) is 4.52. The monoisotopic (exact) mass is 441 g/mol. The molecule has 1 aromatic heterocycles. The number of nitrogens with zero attached hydrogens (tertiary/aromatic N) is 1. The first-order valence-electron chi connectivity index (χ1n) is 9.09. The average Bonchev–Trinajstić information content (AvgIpc) is 3.10. The van der Waals surface area contributed by atoms with Gasteiger partial charge >= 0.3 is 0 Å². The lowest BCUT2D eigenvalue weighted by Gasteiger charge is -2.12. The molecule has 1 N–H and O–H groups in total. The molecule has 3 nitrogen and oxygen atoms in total. The molecule has 0 aliphatic carbocycles. The molecule has 0 spiro atoms. The molecule has 0 bridgehead atoms. The maximum atomic E-state index is 14.3. The molecule has 29 heavy (non-hydrogen) atoms. The van der Waals surface area contributed by atoms with Gasteiger partial charge in [0.05, 0.1) is 4.88 Å². The van der Waals surface area contributed by atoms with Gasteiger partial charge in [0.25, 0.3) is 0 Å². The van der Waals surface area contributed by atoms with E-state index in [-0.39, 0.29) is 36.8 Å². The Morgan fingerprint density at radius 2 is 1.86 bits per heavy atom. The second-order valence-electron chi connectivity index (χ2n) is 6.42. The lowest BCUT2D eigenvalue weighted by molar-refractivity contribution is 0.267. The van der Waals surface area contributed by atoms with Crippen LogP contribution in [-0.2, 0) is 19.4 Å². The fourth-order valence-electron chi connectivity index (χ4n) is 2.89. The van der Waals surface area contributed by atoms with Crippen molar-refractivity contribution in [3.63, 3.8) is 0 Å². The van der Waals surface area contributed by atoms with Crippen molar-refractivity contribution >= 4 is 23.1 Å². The van der Waals surface area contributed by atoms with Crippen LogP contribution in [0.1, 0.15) is 30.0 Å². The van der Waals surface area contributed by atoms with Crippen LogP contribution in [0.4, 0.5) is 13.2 Å². The maximum Gasteiger partial charge on any atom is 0.203 e. The highest BCUT2D eigenvalue weighted by molar-refractivity contribution is 7.10. The minimum atomic E-state index is -1.40. The van der Waals surface area contributed by atoms with Crippen LogP contribution in [0.3, 0.4) is 0 Å². The Labute approximate surface area is 175 Å². The summed E-state index contributed by atoms with van der Waals surface area (Å²) in [5.74, 6) is -4.39. The summed E-state index contributed by atoms with van der Waals surface area (Å²) in [4.78, 5) is 0.721. The molecule has 0 atom stereocenters. The fraction of sp³-hybridized carbons (Fsp3) is 0.286. The molecule has 3 rings (SSSR count). The van der Waals surface area contributed by atoms with Crippen molar-refractivity contribution in [2.45, 2.75) is 32.8 Å². The Morgan fingerprint density at radius 3 is 2.52 bits per heavy atom. The average molecular weight is 442 g/mol. The van der Waals surface area contributed by atoms with Crippen molar-refractivity contribution in [1.29, 1.82) is 0 Å². The number of aromatic nitrogens is 1. The minimum Gasteiger partial charge on any atom is -0.483 e. The van der Waals surface area contributed by atoms with Crippen LogP contribution in [-0.4, -0.2) is 16.1 Å². The van der Waals surface area contributed by atoms with Gasteiger partial charge in [0.1, 0.15) is 11.8 Å². The van der Waals surface area contributed by atoms with Crippen LogP contribution in [0.2, 0.25) is 5.15 Å². The van der Waals surface area contributed by atoms with Crippen LogP contribution >= 0.6 is 23.1 Å². The number of aliphatic hydroxyl groups excluding tert-OH is 1. The molecule has 2 aromatic carbocycles. The quantitative estimate of drug-likeness (QED) is 0.439. The van der Waals surface area contributed by atoms with Crippen molar-refractivity contribution in [2.24, 2.45) is 0 Å². The van der Waals surface area contributed by atoms with Gasteiger partial charge in [-0.2, -0.15) is 8.76 Å². The molecule has 154 valence electrons. The first-order chi connectivity index (χ1) is 14.0. The van der Waals surface area contributed by atoms with Gasteiger partial charge < -0.3 is 9.84 Å². The maximum absolute atomic E-state index is 14.3. The van der Waals surface area contributed by atoms with Crippen molar-refractivity contribution in [3.8, 4) is 16.2 Å². The summed E-state index contributed by atoms with van der Waals surface area (Å²) in [6.45, 7) is 1.59. The zero-order valence-electron chi connectivity index (χ0n) is 15.6. The molecular formula is C21H19ClF3NO2S. The number of halogens is 4. The van der Waals surface area contributed by atoms with E-state index in [0.29, 0.717) is 5.56 Å². The molecule has 0 aliphatic heterocycles. The topological polar surface area (TPSA) is 42.4 Å². The van der Waals surface area contributed by atoms with Crippen molar-refractivity contribution in [2.75, 3.05) is 6.61 Å². The van der Waals surface area contributed by atoms with Gasteiger partial charge in [0.15, 0.2) is 17.4 Å². The molecule has 3 aromatic rings. The van der Waals surface area contributed by atoms with Crippen molar-refractivity contribution in [3.05, 3.63) is 69.6 Å². The lowest BCUT2D eigenvalue weighted by atomic mass is 10.1. The van der Waals surface area contributed by atoms with Gasteiger partial charge in [-0.1, -0.05) is 42.8 Å². The van der Waals surface area contributed by atoms with Crippen LogP contribution in [0, 0.1) is 17.5 Å². The number of aliphatic hydroxyl groups is 1. The Balaban J connectivity index is 1.85. The van der Waals surface area contributed by atoms with E-state index in [0.717, 1.165) is 34.5 Å². The number of ether oxygens (including phenoxy) is 1. The van der Waals surface area contributed by atoms with Crippen molar-refractivity contribution < 1.29 is 23.0 Å². The minimum absolute atomic E-state index is 0.0225. The number of hydrogen-bond acceptors (Lipinski definition) is 4. The second kappa shape index (κ2) is 9.61. The lowest BCUT2D eigenvalue weighted by Crippen LogP contribution is -2.05. The summed E-state index contributed by atoms with van der Waals surface area (Å²) in [5.41, 5.74) is 2.36. The van der Waals surface area contributed by atoms with E-state index in [1.165, 1.54) is 5.56 Å². The third-order valence-corrected chi connectivity index (χ3v) is 5.87. The molecule has 0 amide bonds. The Morgan fingerprint density at radius 1 is 1.14 bits per heavy atom. The van der Waals surface area contributed by atoms with Gasteiger partial charge in [-0.3, -0.25) is 0 Å². The Kier molecular flexibility index (Phi) is 7.16. The summed E-state index contributed by atoms with van der Waals surface area (Å²) in [6, 6.07) is 8.69. The highest BCUT2D eigenvalue weighted by Gasteiger charge is 2.22. The van der Waals surface area contributed by atoms with Crippen molar-refractivity contribution in [1.82, 2.24) is 4.37 Å². The van der Waals surface area contributed by atoms with Gasteiger partial charge in [-0.05, 0) is 53.6 Å². The predicted octanol–water partition coefficient (Wildman–Crippen LogP) is 5.95. The van der Waals surface area contributed by atoms with E-state index >= 15 is 0 Å². The largest absolute Gasteiger partial charge is 0.483 e. The molecule has 0 radical (unpaired) electrons. The molecule has 8 heteroatoms. The number of aryl methyl sites for hydroxylation is 2. The fourth-order valence-corrected chi connectivity index (χ4v) is 3.99. The van der Waals surface area contributed by atoms with Crippen LogP contribution in [0.5, 0.6) is 5.75 Å². The first kappa shape index (κ1) is 21.6. The first-order valence-corrected chi connectivity index (χ1v) is 10.2. The van der Waals surface area contributed by atoms with Gasteiger partial charge in [-0.25, -0.2) is 8.78 Å². The Bertz CT molecular complexity index is 993. The number of benzene rings is 2. The van der Waals surface area contributed by atoms with Gasteiger partial charge in [-0.15, -0.1) is 0 Å². The molecule has 0 unspecified atom stereocenters. The van der Waals surface area contributed by atoms with Crippen LogP contribution in [0.15, 0.2) is 30.3 Å². The van der Waals surface area contributed by atoms with Gasteiger partial charge in [0, 0.05) is 12.2 Å². The molecule has 0 fully saturated rings. The number of hydrogen-bond donors (Lipinski definition) is 1. The molecule has 1 heterocycles. The SMILES string of the molecule is CCc1ccc(-c2snc(Cl)c2COc2c(F)cc(CCCO)c(F)c2F)cc1. The zero-order chi connectivity index (χ0) is 21.0. The second-order valence-corrected chi connectivity index (χ2v) is 7.55. The smallest absolute Gasteiger partial charge is 0.203 e. The third kappa shape index (κ3) is 4.74. The zero-order valence-corrected chi connectivity index (χ0v) is 17.2.